The van der Waals surface area contributed by atoms with Crippen molar-refractivity contribution in [2.75, 3.05) is 11.9 Å². The summed E-state index contributed by atoms with van der Waals surface area (Å²) >= 11 is 0. The Morgan fingerprint density at radius 3 is 2.47 bits per heavy atom. The van der Waals surface area contributed by atoms with Crippen molar-refractivity contribution in [3.8, 4) is 11.8 Å². The maximum atomic E-state index is 11.9. The Kier molecular flexibility index (Phi) is 6.94. The summed E-state index contributed by atoms with van der Waals surface area (Å²) < 4.78 is 11.0. The predicted octanol–water partition coefficient (Wildman–Crippen LogP) is 4.27. The Bertz CT molecular complexity index is 933. The molecule has 3 rings (SSSR count). The minimum Gasteiger partial charge on any atom is -0.446 e. The SMILES string of the molecule is CC(C)(C)c1ccc(C#C[C@@H]2C=C[C@H](O)[C@@H](COC(=O)Nc3ccccc3)O2)cc1. The highest BCUT2D eigenvalue weighted by Crippen LogP contribution is 2.22. The molecule has 0 spiro atoms. The number of benzene rings is 2. The van der Waals surface area contributed by atoms with Crippen LogP contribution in [0.25, 0.3) is 0 Å². The van der Waals surface area contributed by atoms with E-state index < -0.39 is 24.4 Å². The molecule has 0 saturated heterocycles. The van der Waals surface area contributed by atoms with Crippen LogP contribution in [0.4, 0.5) is 10.5 Å². The van der Waals surface area contributed by atoms with Crippen LogP contribution in [0, 0.1) is 11.8 Å². The summed E-state index contributed by atoms with van der Waals surface area (Å²) in [5, 5.41) is 12.7. The van der Waals surface area contributed by atoms with Gasteiger partial charge in [-0.15, -0.1) is 0 Å². The van der Waals surface area contributed by atoms with Crippen molar-refractivity contribution in [2.45, 2.75) is 44.5 Å². The summed E-state index contributed by atoms with van der Waals surface area (Å²) in [7, 11) is 0. The van der Waals surface area contributed by atoms with Crippen LogP contribution in [-0.2, 0) is 14.9 Å². The van der Waals surface area contributed by atoms with E-state index >= 15 is 0 Å². The fraction of sp³-hybridized carbons (Fsp3) is 0.320. The van der Waals surface area contributed by atoms with E-state index in [1.807, 2.05) is 30.3 Å². The quantitative estimate of drug-likeness (QED) is 0.591. The number of anilines is 1. The van der Waals surface area contributed by atoms with Gasteiger partial charge in [0.1, 0.15) is 24.9 Å². The number of ether oxygens (including phenoxy) is 2. The fourth-order valence-electron chi connectivity index (χ4n) is 2.91. The van der Waals surface area contributed by atoms with Crippen LogP contribution in [0.15, 0.2) is 66.7 Å². The molecule has 5 nitrogen and oxygen atoms in total. The third-order valence-corrected chi connectivity index (χ3v) is 4.69. The first-order valence-corrected chi connectivity index (χ1v) is 9.94. The summed E-state index contributed by atoms with van der Waals surface area (Å²) in [4.78, 5) is 11.9. The van der Waals surface area contributed by atoms with E-state index in [4.69, 9.17) is 9.47 Å². The monoisotopic (exact) mass is 405 g/mol. The molecule has 3 atom stereocenters. The highest BCUT2D eigenvalue weighted by atomic mass is 16.6. The largest absolute Gasteiger partial charge is 0.446 e. The summed E-state index contributed by atoms with van der Waals surface area (Å²) in [5.74, 6) is 6.15. The van der Waals surface area contributed by atoms with Gasteiger partial charge < -0.3 is 14.6 Å². The van der Waals surface area contributed by atoms with Crippen molar-refractivity contribution >= 4 is 11.8 Å². The van der Waals surface area contributed by atoms with Gasteiger partial charge in [0.15, 0.2) is 0 Å². The third-order valence-electron chi connectivity index (χ3n) is 4.69. The molecule has 156 valence electrons. The molecule has 2 N–H and O–H groups in total. The van der Waals surface area contributed by atoms with Crippen molar-refractivity contribution in [3.05, 3.63) is 77.9 Å². The summed E-state index contributed by atoms with van der Waals surface area (Å²) in [6, 6.07) is 17.1. The van der Waals surface area contributed by atoms with Gasteiger partial charge in [0, 0.05) is 11.3 Å². The second-order valence-electron chi connectivity index (χ2n) is 8.16. The molecule has 1 aliphatic rings. The standard InChI is InChI=1S/C25H27NO4/c1-25(2,3)19-12-9-18(10-13-19)11-14-21-15-16-22(27)23(30-21)17-29-24(28)26-20-7-5-4-6-8-20/h4-10,12-13,15-16,21-23,27H,17H2,1-3H3,(H,26,28)/t21-,22+,23-/m1/s1. The van der Waals surface area contributed by atoms with Gasteiger partial charge in [-0.3, -0.25) is 5.32 Å². The van der Waals surface area contributed by atoms with Crippen LogP contribution in [0.5, 0.6) is 0 Å². The zero-order chi connectivity index (χ0) is 21.6. The topological polar surface area (TPSA) is 67.8 Å². The zero-order valence-corrected chi connectivity index (χ0v) is 17.5. The Labute approximate surface area is 177 Å². The molecule has 30 heavy (non-hydrogen) atoms. The minimum absolute atomic E-state index is 0.0807. The Balaban J connectivity index is 1.55. The summed E-state index contributed by atoms with van der Waals surface area (Å²) in [6.07, 6.45) is 0.698. The fourth-order valence-corrected chi connectivity index (χ4v) is 2.91. The van der Waals surface area contributed by atoms with Gasteiger partial charge in [0.25, 0.3) is 0 Å². The maximum Gasteiger partial charge on any atom is 0.411 e. The Morgan fingerprint density at radius 2 is 1.80 bits per heavy atom. The van der Waals surface area contributed by atoms with E-state index in [1.54, 1.807) is 24.3 Å². The van der Waals surface area contributed by atoms with Gasteiger partial charge in [-0.1, -0.05) is 69.0 Å². The van der Waals surface area contributed by atoms with Crippen LogP contribution in [0.1, 0.15) is 31.9 Å². The first-order valence-electron chi connectivity index (χ1n) is 9.94. The molecule has 1 aliphatic heterocycles. The molecule has 0 aliphatic carbocycles. The number of aliphatic hydroxyl groups is 1. The van der Waals surface area contributed by atoms with Gasteiger partial charge in [0.2, 0.25) is 0 Å². The van der Waals surface area contributed by atoms with Crippen molar-refractivity contribution in [2.24, 2.45) is 0 Å². The zero-order valence-electron chi connectivity index (χ0n) is 17.5. The first kappa shape index (κ1) is 21.6. The number of rotatable bonds is 3. The molecule has 1 amide bonds. The number of nitrogens with one attached hydrogen (secondary N) is 1. The molecule has 0 unspecified atom stereocenters. The number of carbonyl (C=O) groups is 1. The lowest BCUT2D eigenvalue weighted by Crippen LogP contribution is -2.39. The number of hydrogen-bond donors (Lipinski definition) is 2. The molecule has 1 heterocycles. The average Bonchev–Trinajstić information content (AvgIpc) is 2.72. The first-order chi connectivity index (χ1) is 14.3. The second kappa shape index (κ2) is 9.62. The highest BCUT2D eigenvalue weighted by Gasteiger charge is 2.26. The van der Waals surface area contributed by atoms with Crippen LogP contribution in [0.2, 0.25) is 0 Å². The molecule has 0 aromatic heterocycles. The highest BCUT2D eigenvalue weighted by molar-refractivity contribution is 5.84. The van der Waals surface area contributed by atoms with E-state index in [0.29, 0.717) is 5.69 Å². The van der Waals surface area contributed by atoms with Crippen LogP contribution < -0.4 is 5.32 Å². The number of aliphatic hydroxyl groups excluding tert-OH is 1. The lowest BCUT2D eigenvalue weighted by atomic mass is 9.87. The number of hydrogen-bond acceptors (Lipinski definition) is 4. The molecule has 0 bridgehead atoms. The maximum absolute atomic E-state index is 11.9. The number of para-hydroxylation sites is 1. The van der Waals surface area contributed by atoms with Gasteiger partial charge in [-0.2, -0.15) is 0 Å². The molecular weight excluding hydrogens is 378 g/mol. The van der Waals surface area contributed by atoms with E-state index in [1.165, 1.54) is 5.56 Å². The summed E-state index contributed by atoms with van der Waals surface area (Å²) in [6.45, 7) is 6.43. The molecule has 0 fully saturated rings. The number of carbonyl (C=O) groups excluding carboxylic acids is 1. The van der Waals surface area contributed by atoms with Crippen LogP contribution in [-0.4, -0.2) is 36.1 Å². The van der Waals surface area contributed by atoms with E-state index in [0.717, 1.165) is 5.56 Å². The van der Waals surface area contributed by atoms with Crippen molar-refractivity contribution in [3.63, 3.8) is 0 Å². The smallest absolute Gasteiger partial charge is 0.411 e. The van der Waals surface area contributed by atoms with Gasteiger partial charge in [-0.25, -0.2) is 4.79 Å². The molecule has 2 aromatic carbocycles. The normalized spacial score (nSPS) is 20.7. The van der Waals surface area contributed by atoms with Crippen molar-refractivity contribution in [1.82, 2.24) is 0 Å². The molecular formula is C25H27NO4. The van der Waals surface area contributed by atoms with Gasteiger partial charge in [-0.05, 0) is 41.3 Å². The second-order valence-corrected chi connectivity index (χ2v) is 8.16. The minimum atomic E-state index is -0.862. The predicted molar refractivity (Wildman–Crippen MR) is 117 cm³/mol. The molecule has 5 heteroatoms. The lowest BCUT2D eigenvalue weighted by molar-refractivity contribution is -0.0641. The van der Waals surface area contributed by atoms with Crippen molar-refractivity contribution < 1.29 is 19.4 Å². The van der Waals surface area contributed by atoms with Crippen LogP contribution in [0.3, 0.4) is 0 Å². The summed E-state index contributed by atoms with van der Waals surface area (Å²) in [5.41, 5.74) is 2.86. The average molecular weight is 405 g/mol. The van der Waals surface area contributed by atoms with E-state index in [2.05, 4.69) is 50.1 Å². The number of amides is 1. The van der Waals surface area contributed by atoms with E-state index in [-0.39, 0.29) is 12.0 Å². The molecule has 2 aromatic rings. The third kappa shape index (κ3) is 6.21. The Morgan fingerprint density at radius 1 is 1.10 bits per heavy atom. The van der Waals surface area contributed by atoms with E-state index in [9.17, 15) is 9.90 Å². The Hall–Kier alpha value is -3.07. The molecule has 0 saturated carbocycles. The van der Waals surface area contributed by atoms with Crippen LogP contribution >= 0.6 is 0 Å². The molecule has 0 radical (unpaired) electrons. The van der Waals surface area contributed by atoms with Gasteiger partial charge in [0.05, 0.1) is 0 Å². The van der Waals surface area contributed by atoms with Crippen molar-refractivity contribution in [1.29, 1.82) is 0 Å². The van der Waals surface area contributed by atoms with Gasteiger partial charge >= 0.3 is 6.09 Å². The lowest BCUT2D eigenvalue weighted by Gasteiger charge is -2.27.